The maximum atomic E-state index is 9.88. The van der Waals surface area contributed by atoms with Crippen molar-refractivity contribution in [2.45, 2.75) is 64.1 Å². The van der Waals surface area contributed by atoms with Crippen LogP contribution in [0.3, 0.4) is 0 Å². The highest BCUT2D eigenvalue weighted by molar-refractivity contribution is 4.82. The fourth-order valence-corrected chi connectivity index (χ4v) is 2.48. The minimum Gasteiger partial charge on any atom is -0.392 e. The molecule has 3 atom stereocenters. The minimum absolute atomic E-state index is 0.189. The number of allylic oxidation sites excluding steroid dienone is 1. The van der Waals surface area contributed by atoms with Gasteiger partial charge in [0.25, 0.3) is 0 Å². The molecule has 0 aliphatic carbocycles. The van der Waals surface area contributed by atoms with Crippen LogP contribution < -0.4 is 0 Å². The van der Waals surface area contributed by atoms with E-state index in [9.17, 15) is 5.11 Å². The molecule has 0 aromatic carbocycles. The topological polar surface area (TPSA) is 23.5 Å². The van der Waals surface area contributed by atoms with E-state index in [-0.39, 0.29) is 6.10 Å². The summed E-state index contributed by atoms with van der Waals surface area (Å²) in [6.07, 6.45) is 7.34. The molecule has 2 nitrogen and oxygen atoms in total. The Kier molecular flexibility index (Phi) is 5.34. The molecule has 2 heteroatoms. The van der Waals surface area contributed by atoms with Crippen molar-refractivity contribution in [2.75, 3.05) is 6.54 Å². The van der Waals surface area contributed by atoms with Crippen molar-refractivity contribution in [3.05, 3.63) is 12.7 Å². The first-order valence-electron chi connectivity index (χ1n) is 6.20. The van der Waals surface area contributed by atoms with Gasteiger partial charge in [0, 0.05) is 18.6 Å². The van der Waals surface area contributed by atoms with Gasteiger partial charge in [-0.25, -0.2) is 0 Å². The second kappa shape index (κ2) is 6.29. The van der Waals surface area contributed by atoms with Crippen LogP contribution in [0, 0.1) is 0 Å². The number of hydrogen-bond acceptors (Lipinski definition) is 2. The van der Waals surface area contributed by atoms with Gasteiger partial charge in [-0.05, 0) is 39.5 Å². The van der Waals surface area contributed by atoms with Crippen molar-refractivity contribution in [2.24, 2.45) is 0 Å². The smallest absolute Gasteiger partial charge is 0.0670 e. The molecule has 1 fully saturated rings. The zero-order valence-corrected chi connectivity index (χ0v) is 10.2. The Balaban J connectivity index is 2.36. The van der Waals surface area contributed by atoms with Gasteiger partial charge in [0.1, 0.15) is 0 Å². The third-order valence-electron chi connectivity index (χ3n) is 3.50. The van der Waals surface area contributed by atoms with Gasteiger partial charge in [0.15, 0.2) is 0 Å². The molecule has 1 aliphatic rings. The summed E-state index contributed by atoms with van der Waals surface area (Å²) in [6, 6.07) is 1.26. The van der Waals surface area contributed by atoms with Crippen molar-refractivity contribution in [1.29, 1.82) is 0 Å². The van der Waals surface area contributed by atoms with E-state index in [0.29, 0.717) is 12.1 Å². The van der Waals surface area contributed by atoms with Crippen molar-refractivity contribution >= 4 is 0 Å². The minimum atomic E-state index is -0.189. The Morgan fingerprint density at radius 3 is 2.53 bits per heavy atom. The lowest BCUT2D eigenvalue weighted by molar-refractivity contribution is 0.0387. The molecular formula is C13H25NO. The average molecular weight is 211 g/mol. The monoisotopic (exact) mass is 211 g/mol. The van der Waals surface area contributed by atoms with E-state index in [2.05, 4.69) is 25.3 Å². The van der Waals surface area contributed by atoms with Crippen LogP contribution in [0.5, 0.6) is 0 Å². The summed E-state index contributed by atoms with van der Waals surface area (Å²) in [7, 11) is 0. The van der Waals surface area contributed by atoms with Crippen LogP contribution >= 0.6 is 0 Å². The third kappa shape index (κ3) is 3.96. The second-order valence-corrected chi connectivity index (χ2v) is 4.85. The molecule has 0 spiro atoms. The van der Waals surface area contributed by atoms with Crippen molar-refractivity contribution in [3.8, 4) is 0 Å². The van der Waals surface area contributed by atoms with E-state index in [4.69, 9.17) is 0 Å². The van der Waals surface area contributed by atoms with Crippen LogP contribution in [0.1, 0.15) is 46.0 Å². The quantitative estimate of drug-likeness (QED) is 0.707. The van der Waals surface area contributed by atoms with Crippen LogP contribution in [0.2, 0.25) is 0 Å². The van der Waals surface area contributed by atoms with E-state index in [1.807, 2.05) is 6.08 Å². The molecule has 0 aromatic heterocycles. The summed E-state index contributed by atoms with van der Waals surface area (Å²) in [5.41, 5.74) is 0. The highest BCUT2D eigenvalue weighted by atomic mass is 16.3. The lowest BCUT2D eigenvalue weighted by Gasteiger charge is -2.40. The molecule has 1 rings (SSSR count). The Hall–Kier alpha value is -0.340. The summed E-state index contributed by atoms with van der Waals surface area (Å²) in [4.78, 5) is 2.46. The Morgan fingerprint density at radius 1 is 1.40 bits per heavy atom. The Morgan fingerprint density at radius 2 is 2.00 bits per heavy atom. The number of nitrogens with zero attached hydrogens (tertiary/aromatic N) is 1. The number of aliphatic hydroxyl groups is 1. The van der Waals surface area contributed by atoms with E-state index >= 15 is 0 Å². The normalized spacial score (nSPS) is 30.1. The molecule has 15 heavy (non-hydrogen) atoms. The van der Waals surface area contributed by atoms with Crippen LogP contribution in [0.25, 0.3) is 0 Å². The van der Waals surface area contributed by atoms with E-state index < -0.39 is 0 Å². The summed E-state index contributed by atoms with van der Waals surface area (Å²) < 4.78 is 0. The third-order valence-corrected chi connectivity index (χ3v) is 3.50. The van der Waals surface area contributed by atoms with Gasteiger partial charge in [-0.1, -0.05) is 12.5 Å². The fraction of sp³-hybridized carbons (Fsp3) is 0.846. The molecule has 0 amide bonds. The van der Waals surface area contributed by atoms with Crippen molar-refractivity contribution in [1.82, 2.24) is 4.90 Å². The maximum Gasteiger partial charge on any atom is 0.0670 e. The van der Waals surface area contributed by atoms with Gasteiger partial charge in [-0.15, -0.1) is 6.58 Å². The molecule has 0 bridgehead atoms. The highest BCUT2D eigenvalue weighted by Crippen LogP contribution is 2.22. The number of hydrogen-bond donors (Lipinski definition) is 1. The van der Waals surface area contributed by atoms with Gasteiger partial charge in [-0.3, -0.25) is 4.90 Å². The predicted molar refractivity (Wildman–Crippen MR) is 64.9 cm³/mol. The molecule has 1 N–H and O–H groups in total. The number of rotatable bonds is 5. The van der Waals surface area contributed by atoms with E-state index in [0.717, 1.165) is 19.4 Å². The molecule has 1 heterocycles. The molecule has 1 saturated heterocycles. The van der Waals surface area contributed by atoms with Crippen molar-refractivity contribution < 1.29 is 5.11 Å². The zero-order chi connectivity index (χ0) is 11.3. The largest absolute Gasteiger partial charge is 0.392 e. The van der Waals surface area contributed by atoms with Crippen molar-refractivity contribution in [3.63, 3.8) is 0 Å². The van der Waals surface area contributed by atoms with Crippen LogP contribution in [0.4, 0.5) is 0 Å². The standard InChI is InChI=1S/C13H25NO/c1-4-5-9-13(15)10-14-11(2)7-6-8-12(14)3/h4,11-13,15H,1,5-10H2,2-3H3/t11-,12+,13?. The van der Waals surface area contributed by atoms with E-state index in [1.54, 1.807) is 0 Å². The molecule has 1 aliphatic heterocycles. The molecule has 1 unspecified atom stereocenters. The summed E-state index contributed by atoms with van der Waals surface area (Å²) >= 11 is 0. The van der Waals surface area contributed by atoms with Gasteiger partial charge < -0.3 is 5.11 Å². The average Bonchev–Trinajstić information content (AvgIpc) is 2.21. The molecular weight excluding hydrogens is 186 g/mol. The molecule has 0 radical (unpaired) electrons. The number of piperidine rings is 1. The van der Waals surface area contributed by atoms with Gasteiger partial charge in [0.2, 0.25) is 0 Å². The van der Waals surface area contributed by atoms with Crippen LogP contribution in [-0.4, -0.2) is 34.7 Å². The molecule has 0 saturated carbocycles. The highest BCUT2D eigenvalue weighted by Gasteiger charge is 2.25. The fourth-order valence-electron chi connectivity index (χ4n) is 2.48. The van der Waals surface area contributed by atoms with Crippen LogP contribution in [0.15, 0.2) is 12.7 Å². The Bertz CT molecular complexity index is 183. The SMILES string of the molecule is C=CCCC(O)CN1[C@H](C)CCC[C@@H]1C. The first-order valence-corrected chi connectivity index (χ1v) is 6.20. The maximum absolute atomic E-state index is 9.88. The lowest BCUT2D eigenvalue weighted by atomic mass is 9.96. The van der Waals surface area contributed by atoms with Gasteiger partial charge >= 0.3 is 0 Å². The van der Waals surface area contributed by atoms with Gasteiger partial charge in [-0.2, -0.15) is 0 Å². The first-order chi connectivity index (χ1) is 7.15. The van der Waals surface area contributed by atoms with Crippen LogP contribution in [-0.2, 0) is 0 Å². The summed E-state index contributed by atoms with van der Waals surface area (Å²) in [5.74, 6) is 0. The van der Waals surface area contributed by atoms with Gasteiger partial charge in [0.05, 0.1) is 6.10 Å². The predicted octanol–water partition coefficient (Wildman–Crippen LogP) is 2.58. The molecule has 0 aromatic rings. The first kappa shape index (κ1) is 12.7. The summed E-state index contributed by atoms with van der Waals surface area (Å²) in [6.45, 7) is 9.06. The zero-order valence-electron chi connectivity index (χ0n) is 10.2. The Labute approximate surface area is 94.0 Å². The number of aliphatic hydroxyl groups excluding tert-OH is 1. The van der Waals surface area contributed by atoms with E-state index in [1.165, 1.54) is 19.3 Å². The second-order valence-electron chi connectivity index (χ2n) is 4.85. The number of β-amino-alcohol motifs (C(OH)–C–C–N with tert-alkyl or cyclic N) is 1. The molecule has 88 valence electrons. The number of likely N-dealkylation sites (tertiary alicyclic amines) is 1. The summed E-state index contributed by atoms with van der Waals surface area (Å²) in [5, 5.41) is 9.88. The lowest BCUT2D eigenvalue weighted by Crippen LogP contribution is -2.47.